The molecule has 0 aromatic heterocycles. The second kappa shape index (κ2) is 11.7. The maximum absolute atomic E-state index is 12.9. The molecule has 0 spiro atoms. The van der Waals surface area contributed by atoms with Gasteiger partial charge in [0.2, 0.25) is 11.8 Å². The lowest BCUT2D eigenvalue weighted by molar-refractivity contribution is -0.133. The van der Waals surface area contributed by atoms with E-state index >= 15 is 0 Å². The molecule has 1 atom stereocenters. The first kappa shape index (κ1) is 26.0. The average Bonchev–Trinajstić information content (AvgIpc) is 3.23. The maximum Gasteiger partial charge on any atom is 0.240 e. The Kier molecular flexibility index (Phi) is 8.97. The Hall–Kier alpha value is -2.57. The number of nitrogens with one attached hydrogen (secondary N) is 1. The van der Waals surface area contributed by atoms with Gasteiger partial charge in [-0.3, -0.25) is 9.59 Å². The Labute approximate surface area is 215 Å². The summed E-state index contributed by atoms with van der Waals surface area (Å²) in [5, 5.41) is 4.01. The molecule has 34 heavy (non-hydrogen) atoms. The minimum absolute atomic E-state index is 0. The first-order chi connectivity index (χ1) is 15.9. The number of rotatable bonds is 7. The third kappa shape index (κ3) is 6.51. The van der Waals surface area contributed by atoms with Crippen LogP contribution in [0.4, 0.5) is 5.69 Å². The number of nitrogens with zero attached hydrogens (tertiary/aromatic N) is 1. The van der Waals surface area contributed by atoms with E-state index in [2.05, 4.69) is 5.32 Å². The van der Waals surface area contributed by atoms with Crippen LogP contribution in [0.3, 0.4) is 0 Å². The van der Waals surface area contributed by atoms with Gasteiger partial charge in [-0.25, -0.2) is 0 Å². The van der Waals surface area contributed by atoms with E-state index < -0.39 is 6.04 Å². The minimum atomic E-state index is -0.699. The van der Waals surface area contributed by atoms with Crippen molar-refractivity contribution in [3.63, 3.8) is 0 Å². The third-order valence-corrected chi connectivity index (χ3v) is 6.37. The van der Waals surface area contributed by atoms with Crippen molar-refractivity contribution in [1.29, 1.82) is 0 Å². The summed E-state index contributed by atoms with van der Waals surface area (Å²) in [5.41, 5.74) is 10.9. The largest absolute Gasteiger partial charge is 0.333 e. The molecular weight excluding hydrogens is 493 g/mol. The Balaban J connectivity index is 0.00000324. The van der Waals surface area contributed by atoms with Crippen molar-refractivity contribution in [1.82, 2.24) is 4.90 Å². The van der Waals surface area contributed by atoms with E-state index in [0.717, 1.165) is 27.9 Å². The van der Waals surface area contributed by atoms with Crippen LogP contribution in [0.25, 0.3) is 0 Å². The molecule has 0 aliphatic carbocycles. The van der Waals surface area contributed by atoms with Crippen LogP contribution < -0.4 is 11.1 Å². The van der Waals surface area contributed by atoms with Gasteiger partial charge in [-0.15, -0.1) is 12.4 Å². The number of nitrogens with two attached hydrogens (primary N) is 1. The van der Waals surface area contributed by atoms with E-state index in [4.69, 9.17) is 28.9 Å². The van der Waals surface area contributed by atoms with Gasteiger partial charge in [0.25, 0.3) is 0 Å². The van der Waals surface area contributed by atoms with Crippen molar-refractivity contribution in [3.05, 3.63) is 99.0 Å². The van der Waals surface area contributed by atoms with Gasteiger partial charge in [-0.05, 0) is 59.4 Å². The van der Waals surface area contributed by atoms with Gasteiger partial charge >= 0.3 is 0 Å². The molecule has 8 heteroatoms. The van der Waals surface area contributed by atoms with Crippen LogP contribution in [-0.4, -0.2) is 22.8 Å². The average molecular weight is 519 g/mol. The number of hydrogen-bond acceptors (Lipinski definition) is 3. The SMILES string of the molecule is Cl.N[C@H](Cc1ccc(Cl)cc1Cl)C(=O)N1Cc2ccc(NC(=O)CCc3ccccc3)cc2C1. The van der Waals surface area contributed by atoms with Crippen molar-refractivity contribution in [2.45, 2.75) is 38.4 Å². The summed E-state index contributed by atoms with van der Waals surface area (Å²) in [7, 11) is 0. The van der Waals surface area contributed by atoms with Crippen molar-refractivity contribution >= 4 is 53.1 Å². The van der Waals surface area contributed by atoms with Crippen LogP contribution >= 0.6 is 35.6 Å². The molecule has 3 N–H and O–H groups in total. The Morgan fingerprint density at radius 1 is 0.971 bits per heavy atom. The molecule has 1 heterocycles. The molecule has 1 aliphatic heterocycles. The van der Waals surface area contributed by atoms with Gasteiger partial charge in [0.05, 0.1) is 6.04 Å². The zero-order valence-corrected chi connectivity index (χ0v) is 20.8. The highest BCUT2D eigenvalue weighted by Gasteiger charge is 2.28. The van der Waals surface area contributed by atoms with Crippen molar-refractivity contribution in [2.24, 2.45) is 5.73 Å². The molecule has 0 saturated carbocycles. The highest BCUT2D eigenvalue weighted by molar-refractivity contribution is 6.35. The van der Waals surface area contributed by atoms with Gasteiger partial charge in [-0.1, -0.05) is 65.7 Å². The van der Waals surface area contributed by atoms with Gasteiger partial charge in [0.15, 0.2) is 0 Å². The summed E-state index contributed by atoms with van der Waals surface area (Å²) < 4.78 is 0. The predicted molar refractivity (Wildman–Crippen MR) is 139 cm³/mol. The molecular formula is C26H26Cl3N3O2. The van der Waals surface area contributed by atoms with E-state index in [0.29, 0.717) is 42.4 Å². The molecule has 0 unspecified atom stereocenters. The van der Waals surface area contributed by atoms with E-state index in [-0.39, 0.29) is 24.2 Å². The maximum atomic E-state index is 12.9. The summed E-state index contributed by atoms with van der Waals surface area (Å²) in [6.45, 7) is 0.961. The van der Waals surface area contributed by atoms with Crippen molar-refractivity contribution in [3.8, 4) is 0 Å². The molecule has 178 valence electrons. The third-order valence-electron chi connectivity index (χ3n) is 5.78. The fourth-order valence-corrected chi connectivity index (χ4v) is 4.49. The second-order valence-corrected chi connectivity index (χ2v) is 9.10. The first-order valence-electron chi connectivity index (χ1n) is 10.8. The number of carbonyl (C=O) groups is 2. The van der Waals surface area contributed by atoms with Gasteiger partial charge in [-0.2, -0.15) is 0 Å². The number of amides is 2. The zero-order valence-electron chi connectivity index (χ0n) is 18.5. The fourth-order valence-electron chi connectivity index (χ4n) is 4.00. The smallest absolute Gasteiger partial charge is 0.240 e. The monoisotopic (exact) mass is 517 g/mol. The van der Waals surface area contributed by atoms with Crippen LogP contribution in [0.1, 0.15) is 28.7 Å². The molecule has 4 rings (SSSR count). The lowest BCUT2D eigenvalue weighted by Crippen LogP contribution is -2.42. The molecule has 0 saturated heterocycles. The predicted octanol–water partition coefficient (Wildman–Crippen LogP) is 5.40. The van der Waals surface area contributed by atoms with Crippen LogP contribution in [0, 0.1) is 0 Å². The van der Waals surface area contributed by atoms with Gasteiger partial charge in [0.1, 0.15) is 0 Å². The quantitative estimate of drug-likeness (QED) is 0.440. The van der Waals surface area contributed by atoms with Crippen molar-refractivity contribution in [2.75, 3.05) is 5.32 Å². The molecule has 1 aliphatic rings. The van der Waals surface area contributed by atoms with Crippen LogP contribution in [-0.2, 0) is 35.5 Å². The number of anilines is 1. The molecule has 5 nitrogen and oxygen atoms in total. The van der Waals surface area contributed by atoms with E-state index in [9.17, 15) is 9.59 Å². The standard InChI is InChI=1S/C26H25Cl2N3O2.ClH/c27-21-9-7-18(23(28)14-21)13-24(29)26(33)31-15-19-8-10-22(12-20(19)16-31)30-25(32)11-6-17-4-2-1-3-5-17;/h1-5,7-10,12,14,24H,6,11,13,15-16,29H2,(H,30,32);1H/t24-;/m1./s1. The fraction of sp³-hybridized carbons (Fsp3) is 0.231. The highest BCUT2D eigenvalue weighted by Crippen LogP contribution is 2.27. The highest BCUT2D eigenvalue weighted by atomic mass is 35.5. The molecule has 3 aromatic rings. The summed E-state index contributed by atoms with van der Waals surface area (Å²) >= 11 is 12.2. The molecule has 0 fully saturated rings. The Morgan fingerprint density at radius 2 is 1.71 bits per heavy atom. The minimum Gasteiger partial charge on any atom is -0.333 e. The first-order valence-corrected chi connectivity index (χ1v) is 11.6. The second-order valence-electron chi connectivity index (χ2n) is 8.26. The van der Waals surface area contributed by atoms with Gasteiger partial charge < -0.3 is 16.0 Å². The summed E-state index contributed by atoms with van der Waals surface area (Å²) in [5.74, 6) is -0.169. The van der Waals surface area contributed by atoms with Crippen LogP contribution in [0.2, 0.25) is 10.0 Å². The number of benzene rings is 3. The van der Waals surface area contributed by atoms with E-state index in [1.165, 1.54) is 0 Å². The van der Waals surface area contributed by atoms with Crippen LogP contribution in [0.5, 0.6) is 0 Å². The lowest BCUT2D eigenvalue weighted by atomic mass is 10.1. The number of hydrogen-bond donors (Lipinski definition) is 2. The molecule has 0 radical (unpaired) electrons. The Morgan fingerprint density at radius 3 is 2.44 bits per heavy atom. The molecule has 3 aromatic carbocycles. The number of halogens is 3. The van der Waals surface area contributed by atoms with Crippen molar-refractivity contribution < 1.29 is 9.59 Å². The summed E-state index contributed by atoms with van der Waals surface area (Å²) in [6, 6.07) is 20.2. The topological polar surface area (TPSA) is 75.4 Å². The summed E-state index contributed by atoms with van der Waals surface area (Å²) in [6.07, 6.45) is 1.44. The summed E-state index contributed by atoms with van der Waals surface area (Å²) in [4.78, 5) is 27.0. The zero-order chi connectivity index (χ0) is 23.4. The number of carbonyl (C=O) groups excluding carboxylic acids is 2. The number of aryl methyl sites for hydroxylation is 1. The van der Waals surface area contributed by atoms with E-state index in [1.807, 2.05) is 48.5 Å². The Bertz CT molecular complexity index is 1170. The number of fused-ring (bicyclic) bond motifs is 1. The van der Waals surface area contributed by atoms with Gasteiger partial charge in [0, 0.05) is 35.2 Å². The van der Waals surface area contributed by atoms with Crippen LogP contribution in [0.15, 0.2) is 66.7 Å². The molecule has 2 amide bonds. The lowest BCUT2D eigenvalue weighted by Gasteiger charge is -2.20. The molecule has 0 bridgehead atoms. The normalized spacial score (nSPS) is 13.1. The van der Waals surface area contributed by atoms with E-state index in [1.54, 1.807) is 23.1 Å².